The lowest BCUT2D eigenvalue weighted by Gasteiger charge is -2.00. The summed E-state index contributed by atoms with van der Waals surface area (Å²) in [5.41, 5.74) is 0.641. The second kappa shape index (κ2) is 9.41. The highest BCUT2D eigenvalue weighted by Crippen LogP contribution is 2.12. The number of carbonyl (C=O) groups is 1. The van der Waals surface area contributed by atoms with Crippen molar-refractivity contribution in [2.75, 3.05) is 6.61 Å². The van der Waals surface area contributed by atoms with Crippen LogP contribution in [0.25, 0.3) is 0 Å². The summed E-state index contributed by atoms with van der Waals surface area (Å²) < 4.78 is 6.94. The van der Waals surface area contributed by atoms with Crippen LogP contribution in [0, 0.1) is 10.1 Å². The maximum Gasteiger partial charge on any atom is 0.367 e. The summed E-state index contributed by atoms with van der Waals surface area (Å²) in [5.74, 6) is -0.268. The van der Waals surface area contributed by atoms with Gasteiger partial charge in [0.25, 0.3) is 5.69 Å². The van der Waals surface area contributed by atoms with Gasteiger partial charge in [0, 0.05) is 24.1 Å². The number of benzene rings is 2. The highest BCUT2D eigenvalue weighted by atomic mass is 16.6. The Morgan fingerprint density at radius 3 is 2.70 bits per heavy atom. The molecule has 0 spiro atoms. The first-order chi connectivity index (χ1) is 14.5. The molecule has 1 heterocycles. The van der Waals surface area contributed by atoms with Gasteiger partial charge in [0.2, 0.25) is 0 Å². The number of carbonyl (C=O) groups excluding carboxylic acids is 1. The average molecular weight is 409 g/mol. The molecule has 0 saturated carbocycles. The number of aromatic nitrogens is 3. The molecule has 3 rings (SSSR count). The fourth-order valence-corrected chi connectivity index (χ4v) is 2.72. The minimum atomic E-state index is -0.615. The Morgan fingerprint density at radius 1 is 1.23 bits per heavy atom. The summed E-state index contributed by atoms with van der Waals surface area (Å²) in [6.45, 7) is 1.52. The smallest absolute Gasteiger partial charge is 0.367 e. The zero-order chi connectivity index (χ0) is 21.5. The summed E-state index contributed by atoms with van der Waals surface area (Å²) in [4.78, 5) is 35.0. The van der Waals surface area contributed by atoms with Crippen molar-refractivity contribution in [1.82, 2.24) is 14.5 Å². The normalized spacial score (nSPS) is 11.0. The maximum atomic E-state index is 12.7. The number of rotatable bonds is 8. The van der Waals surface area contributed by atoms with E-state index in [1.165, 1.54) is 24.4 Å². The van der Waals surface area contributed by atoms with Gasteiger partial charge in [0.15, 0.2) is 5.82 Å². The molecule has 0 bridgehead atoms. The monoisotopic (exact) mass is 409 g/mol. The predicted molar refractivity (Wildman–Crippen MR) is 108 cm³/mol. The Balaban J connectivity index is 1.97. The average Bonchev–Trinajstić information content (AvgIpc) is 3.01. The van der Waals surface area contributed by atoms with Crippen molar-refractivity contribution in [2.45, 2.75) is 19.9 Å². The Labute approximate surface area is 171 Å². The van der Waals surface area contributed by atoms with Crippen molar-refractivity contribution in [1.29, 1.82) is 0 Å². The number of ether oxygens (including phenoxy) is 1. The Morgan fingerprint density at radius 2 is 2.00 bits per heavy atom. The van der Waals surface area contributed by atoms with Crippen LogP contribution in [-0.2, 0) is 22.5 Å². The quantitative estimate of drug-likeness (QED) is 0.243. The van der Waals surface area contributed by atoms with Gasteiger partial charge in [-0.25, -0.2) is 9.48 Å². The number of non-ortho nitro benzene ring substituents is 1. The molecule has 0 unspecified atom stereocenters. The summed E-state index contributed by atoms with van der Waals surface area (Å²) >= 11 is 0. The van der Waals surface area contributed by atoms with E-state index in [1.807, 2.05) is 30.3 Å². The topological polar surface area (TPSA) is 122 Å². The minimum absolute atomic E-state index is 0.0891. The number of hydrogen-bond acceptors (Lipinski definition) is 7. The van der Waals surface area contributed by atoms with E-state index in [9.17, 15) is 19.7 Å². The SMILES string of the molecule is CCOC(=O)Cn1nc(Cc2ccccc2)n(N=Cc2cccc([N+](=O)[O-])c2)c1=O. The van der Waals surface area contributed by atoms with Crippen LogP contribution < -0.4 is 5.69 Å². The Kier molecular flexibility index (Phi) is 6.48. The molecule has 0 amide bonds. The molecule has 0 aliphatic carbocycles. The van der Waals surface area contributed by atoms with Crippen molar-refractivity contribution in [3.63, 3.8) is 0 Å². The van der Waals surface area contributed by atoms with E-state index in [2.05, 4.69) is 10.2 Å². The van der Waals surface area contributed by atoms with Crippen LogP contribution in [-0.4, -0.2) is 38.2 Å². The second-order valence-electron chi connectivity index (χ2n) is 6.23. The third-order valence-electron chi connectivity index (χ3n) is 4.08. The van der Waals surface area contributed by atoms with Crippen molar-refractivity contribution >= 4 is 17.9 Å². The molecule has 154 valence electrons. The van der Waals surface area contributed by atoms with Crippen molar-refractivity contribution in [3.05, 3.63) is 92.1 Å². The van der Waals surface area contributed by atoms with E-state index in [-0.39, 0.29) is 18.8 Å². The number of esters is 1. The third-order valence-corrected chi connectivity index (χ3v) is 4.08. The summed E-state index contributed by atoms with van der Waals surface area (Å²) in [6.07, 6.45) is 1.64. The largest absolute Gasteiger partial charge is 0.465 e. The molecular weight excluding hydrogens is 390 g/mol. The van der Waals surface area contributed by atoms with Crippen molar-refractivity contribution in [3.8, 4) is 0 Å². The van der Waals surface area contributed by atoms with Gasteiger partial charge in [-0.15, -0.1) is 0 Å². The van der Waals surface area contributed by atoms with Gasteiger partial charge in [0.1, 0.15) is 6.54 Å². The van der Waals surface area contributed by atoms with Gasteiger partial charge in [0.05, 0.1) is 17.7 Å². The molecule has 3 aromatic rings. The molecule has 0 radical (unpaired) electrons. The molecule has 0 aliphatic rings. The lowest BCUT2D eigenvalue weighted by molar-refractivity contribution is -0.384. The molecule has 0 N–H and O–H groups in total. The minimum Gasteiger partial charge on any atom is -0.465 e. The first-order valence-electron chi connectivity index (χ1n) is 9.15. The van der Waals surface area contributed by atoms with Gasteiger partial charge >= 0.3 is 11.7 Å². The first-order valence-corrected chi connectivity index (χ1v) is 9.15. The molecule has 0 aliphatic heterocycles. The lowest BCUT2D eigenvalue weighted by Crippen LogP contribution is -2.27. The van der Waals surface area contributed by atoms with E-state index in [1.54, 1.807) is 13.0 Å². The van der Waals surface area contributed by atoms with Crippen LogP contribution in [0.15, 0.2) is 64.5 Å². The second-order valence-corrected chi connectivity index (χ2v) is 6.23. The van der Waals surface area contributed by atoms with Crippen LogP contribution in [0.4, 0.5) is 5.69 Å². The molecule has 1 aromatic heterocycles. The fraction of sp³-hybridized carbons (Fsp3) is 0.200. The summed E-state index contributed by atoms with van der Waals surface area (Å²) in [5, 5.41) is 19.3. The standard InChI is InChI=1S/C20H19N5O5/c1-2-30-19(26)14-23-20(27)24(18(22-23)12-15-7-4-3-5-8-15)21-13-16-9-6-10-17(11-16)25(28)29/h3-11,13H,2,12,14H2,1H3. The third kappa shape index (κ3) is 5.04. The van der Waals surface area contributed by atoms with Crippen LogP contribution in [0.3, 0.4) is 0 Å². The molecule has 2 aromatic carbocycles. The Hall–Kier alpha value is -4.08. The predicted octanol–water partition coefficient (Wildman–Crippen LogP) is 1.99. The number of nitro groups is 1. The molecule has 10 heteroatoms. The Bertz CT molecular complexity index is 1130. The highest BCUT2D eigenvalue weighted by molar-refractivity contribution is 5.80. The van der Waals surface area contributed by atoms with Gasteiger partial charge in [-0.2, -0.15) is 14.9 Å². The van der Waals surface area contributed by atoms with Crippen LogP contribution >= 0.6 is 0 Å². The lowest BCUT2D eigenvalue weighted by atomic mass is 10.1. The van der Waals surface area contributed by atoms with E-state index in [0.717, 1.165) is 14.9 Å². The molecule has 0 saturated heterocycles. The van der Waals surface area contributed by atoms with Gasteiger partial charge < -0.3 is 4.74 Å². The number of nitrogens with zero attached hydrogens (tertiary/aromatic N) is 5. The van der Waals surface area contributed by atoms with Gasteiger partial charge in [-0.3, -0.25) is 14.9 Å². The van der Waals surface area contributed by atoms with Crippen molar-refractivity contribution < 1.29 is 14.5 Å². The summed E-state index contributed by atoms with van der Waals surface area (Å²) in [7, 11) is 0. The molecule has 30 heavy (non-hydrogen) atoms. The molecule has 10 nitrogen and oxygen atoms in total. The van der Waals surface area contributed by atoms with E-state index < -0.39 is 16.6 Å². The van der Waals surface area contributed by atoms with Crippen molar-refractivity contribution in [2.24, 2.45) is 5.10 Å². The van der Waals surface area contributed by atoms with E-state index in [0.29, 0.717) is 17.8 Å². The molecule has 0 atom stereocenters. The van der Waals surface area contributed by atoms with Crippen LogP contribution in [0.2, 0.25) is 0 Å². The fourth-order valence-electron chi connectivity index (χ4n) is 2.72. The number of nitro benzene ring substituents is 1. The highest BCUT2D eigenvalue weighted by Gasteiger charge is 2.16. The van der Waals surface area contributed by atoms with E-state index >= 15 is 0 Å². The zero-order valence-corrected chi connectivity index (χ0v) is 16.2. The maximum absolute atomic E-state index is 12.7. The van der Waals surface area contributed by atoms with Gasteiger partial charge in [-0.05, 0) is 12.5 Å². The van der Waals surface area contributed by atoms with Crippen LogP contribution in [0.5, 0.6) is 0 Å². The first kappa shape index (κ1) is 20.6. The van der Waals surface area contributed by atoms with Gasteiger partial charge in [-0.1, -0.05) is 42.5 Å². The molecular formula is C20H19N5O5. The van der Waals surface area contributed by atoms with E-state index in [4.69, 9.17) is 4.74 Å². The molecule has 0 fully saturated rings. The number of hydrogen-bond donors (Lipinski definition) is 0. The summed E-state index contributed by atoms with van der Waals surface area (Å²) in [6, 6.07) is 15.2. The zero-order valence-electron chi connectivity index (χ0n) is 16.2. The van der Waals surface area contributed by atoms with Crippen LogP contribution in [0.1, 0.15) is 23.9 Å².